The summed E-state index contributed by atoms with van der Waals surface area (Å²) in [6.45, 7) is 2.92. The Morgan fingerprint density at radius 1 is 1.14 bits per heavy atom. The topological polar surface area (TPSA) is 48.4 Å². The second-order valence-electron chi connectivity index (χ2n) is 4.80. The highest BCUT2D eigenvalue weighted by Gasteiger charge is 2.03. The SMILES string of the molecule is CCOC(=O)CCCCCOc1cccc2cccnc12. The third-order valence-electron chi connectivity index (χ3n) is 3.18. The van der Waals surface area contributed by atoms with Crippen LogP contribution in [-0.2, 0) is 9.53 Å². The Kier molecular flexibility index (Phi) is 6.00. The van der Waals surface area contributed by atoms with E-state index in [4.69, 9.17) is 9.47 Å². The standard InChI is InChI=1S/C17H21NO3/c1-2-20-16(19)11-4-3-5-13-21-15-10-6-8-14-9-7-12-18-17(14)15/h6-10,12H,2-5,11,13H2,1H3. The van der Waals surface area contributed by atoms with Crippen molar-refractivity contribution in [2.24, 2.45) is 0 Å². The molecule has 0 aliphatic carbocycles. The molecule has 1 aromatic heterocycles. The number of pyridine rings is 1. The molecule has 0 amide bonds. The summed E-state index contributed by atoms with van der Waals surface area (Å²) in [5.41, 5.74) is 0.895. The average Bonchev–Trinajstić information content (AvgIpc) is 2.51. The summed E-state index contributed by atoms with van der Waals surface area (Å²) in [4.78, 5) is 15.5. The van der Waals surface area contributed by atoms with E-state index in [1.807, 2.05) is 37.3 Å². The Hall–Kier alpha value is -2.10. The number of rotatable bonds is 8. The molecule has 4 nitrogen and oxygen atoms in total. The van der Waals surface area contributed by atoms with Crippen LogP contribution in [0.1, 0.15) is 32.6 Å². The molecule has 1 heterocycles. The van der Waals surface area contributed by atoms with Crippen molar-refractivity contribution >= 4 is 16.9 Å². The molecule has 2 rings (SSSR count). The van der Waals surface area contributed by atoms with E-state index in [1.165, 1.54) is 0 Å². The first-order chi connectivity index (χ1) is 10.3. The maximum absolute atomic E-state index is 11.2. The smallest absolute Gasteiger partial charge is 0.305 e. The van der Waals surface area contributed by atoms with Gasteiger partial charge in [-0.3, -0.25) is 9.78 Å². The third-order valence-corrected chi connectivity index (χ3v) is 3.18. The van der Waals surface area contributed by atoms with Crippen LogP contribution in [0.15, 0.2) is 36.5 Å². The first-order valence-corrected chi connectivity index (χ1v) is 7.43. The quantitative estimate of drug-likeness (QED) is 0.548. The number of carbonyl (C=O) groups excluding carboxylic acids is 1. The molecule has 112 valence electrons. The largest absolute Gasteiger partial charge is 0.491 e. The number of ether oxygens (including phenoxy) is 2. The Morgan fingerprint density at radius 2 is 2.00 bits per heavy atom. The Balaban J connectivity index is 1.72. The molecule has 0 atom stereocenters. The molecule has 0 aliphatic rings. The molecule has 0 aliphatic heterocycles. The van der Waals surface area contributed by atoms with Crippen molar-refractivity contribution in [3.63, 3.8) is 0 Å². The Morgan fingerprint density at radius 3 is 2.86 bits per heavy atom. The van der Waals surface area contributed by atoms with Crippen molar-refractivity contribution in [1.82, 2.24) is 4.98 Å². The van der Waals surface area contributed by atoms with E-state index in [-0.39, 0.29) is 5.97 Å². The molecule has 0 saturated heterocycles. The van der Waals surface area contributed by atoms with Gasteiger partial charge in [-0.2, -0.15) is 0 Å². The van der Waals surface area contributed by atoms with Crippen molar-refractivity contribution in [3.8, 4) is 5.75 Å². The monoisotopic (exact) mass is 287 g/mol. The lowest BCUT2D eigenvalue weighted by Gasteiger charge is -2.08. The average molecular weight is 287 g/mol. The molecule has 0 spiro atoms. The van der Waals surface area contributed by atoms with Gasteiger partial charge >= 0.3 is 5.97 Å². The van der Waals surface area contributed by atoms with Crippen molar-refractivity contribution in [2.45, 2.75) is 32.6 Å². The zero-order chi connectivity index (χ0) is 14.9. The minimum Gasteiger partial charge on any atom is -0.491 e. The van der Waals surface area contributed by atoms with Gasteiger partial charge in [0.25, 0.3) is 0 Å². The van der Waals surface area contributed by atoms with Crippen LogP contribution in [0.5, 0.6) is 5.75 Å². The molecular weight excluding hydrogens is 266 g/mol. The van der Waals surface area contributed by atoms with E-state index in [0.717, 1.165) is 35.9 Å². The number of para-hydroxylation sites is 1. The summed E-state index contributed by atoms with van der Waals surface area (Å²) in [6.07, 6.45) is 4.98. The second-order valence-corrected chi connectivity index (χ2v) is 4.80. The van der Waals surface area contributed by atoms with Gasteiger partial charge < -0.3 is 9.47 Å². The van der Waals surface area contributed by atoms with Crippen molar-refractivity contribution < 1.29 is 14.3 Å². The van der Waals surface area contributed by atoms with Gasteiger partial charge in [0.05, 0.1) is 13.2 Å². The number of aromatic nitrogens is 1. The second kappa shape index (κ2) is 8.25. The fraction of sp³-hybridized carbons (Fsp3) is 0.412. The van der Waals surface area contributed by atoms with Gasteiger partial charge in [0.2, 0.25) is 0 Å². The fourth-order valence-corrected chi connectivity index (χ4v) is 2.16. The lowest BCUT2D eigenvalue weighted by Crippen LogP contribution is -2.04. The number of benzene rings is 1. The van der Waals surface area contributed by atoms with Crippen LogP contribution in [0.3, 0.4) is 0 Å². The number of fused-ring (bicyclic) bond motifs is 1. The van der Waals surface area contributed by atoms with E-state index >= 15 is 0 Å². The maximum Gasteiger partial charge on any atom is 0.305 e. The number of carbonyl (C=O) groups is 1. The Bertz CT molecular complexity index is 578. The summed E-state index contributed by atoms with van der Waals surface area (Å²) < 4.78 is 10.7. The highest BCUT2D eigenvalue weighted by molar-refractivity contribution is 5.84. The summed E-state index contributed by atoms with van der Waals surface area (Å²) in [5, 5.41) is 1.08. The fourth-order valence-electron chi connectivity index (χ4n) is 2.16. The molecule has 1 aromatic carbocycles. The molecule has 0 bridgehead atoms. The normalized spacial score (nSPS) is 10.5. The summed E-state index contributed by atoms with van der Waals surface area (Å²) in [5.74, 6) is 0.704. The summed E-state index contributed by atoms with van der Waals surface area (Å²) in [6, 6.07) is 9.87. The van der Waals surface area contributed by atoms with Crippen molar-refractivity contribution in [3.05, 3.63) is 36.5 Å². The van der Waals surface area contributed by atoms with E-state index < -0.39 is 0 Å². The lowest BCUT2D eigenvalue weighted by atomic mass is 10.2. The van der Waals surface area contributed by atoms with Crippen molar-refractivity contribution in [1.29, 1.82) is 0 Å². The molecule has 4 heteroatoms. The van der Waals surface area contributed by atoms with Crippen LogP contribution >= 0.6 is 0 Å². The third kappa shape index (κ3) is 4.74. The molecular formula is C17H21NO3. The molecule has 21 heavy (non-hydrogen) atoms. The van der Waals surface area contributed by atoms with Gasteiger partial charge in [-0.1, -0.05) is 18.2 Å². The van der Waals surface area contributed by atoms with Crippen molar-refractivity contribution in [2.75, 3.05) is 13.2 Å². The van der Waals surface area contributed by atoms with E-state index in [2.05, 4.69) is 4.98 Å². The van der Waals surface area contributed by atoms with Crippen LogP contribution in [0, 0.1) is 0 Å². The number of hydrogen-bond acceptors (Lipinski definition) is 4. The van der Waals surface area contributed by atoms with Crippen LogP contribution in [0.4, 0.5) is 0 Å². The predicted molar refractivity (Wildman–Crippen MR) is 82.3 cm³/mol. The number of hydrogen-bond donors (Lipinski definition) is 0. The highest BCUT2D eigenvalue weighted by Crippen LogP contribution is 2.23. The number of esters is 1. The maximum atomic E-state index is 11.2. The minimum absolute atomic E-state index is 0.114. The summed E-state index contributed by atoms with van der Waals surface area (Å²) in [7, 11) is 0. The van der Waals surface area contributed by atoms with Gasteiger partial charge in [0, 0.05) is 18.0 Å². The zero-order valence-corrected chi connectivity index (χ0v) is 12.4. The molecule has 0 unspecified atom stereocenters. The van der Waals surface area contributed by atoms with Crippen LogP contribution in [0.2, 0.25) is 0 Å². The van der Waals surface area contributed by atoms with Gasteiger partial charge in [0.15, 0.2) is 0 Å². The van der Waals surface area contributed by atoms with Gasteiger partial charge in [-0.25, -0.2) is 0 Å². The van der Waals surface area contributed by atoms with Crippen LogP contribution < -0.4 is 4.74 Å². The van der Waals surface area contributed by atoms with Gasteiger partial charge in [-0.15, -0.1) is 0 Å². The van der Waals surface area contributed by atoms with Gasteiger partial charge in [0.1, 0.15) is 11.3 Å². The first kappa shape index (κ1) is 15.3. The highest BCUT2D eigenvalue weighted by atomic mass is 16.5. The first-order valence-electron chi connectivity index (χ1n) is 7.43. The molecule has 0 N–H and O–H groups in total. The lowest BCUT2D eigenvalue weighted by molar-refractivity contribution is -0.143. The number of nitrogens with zero attached hydrogens (tertiary/aromatic N) is 1. The molecule has 0 radical (unpaired) electrons. The molecule has 0 saturated carbocycles. The van der Waals surface area contributed by atoms with E-state index in [1.54, 1.807) is 6.20 Å². The number of unbranched alkanes of at least 4 members (excludes halogenated alkanes) is 2. The van der Waals surface area contributed by atoms with Gasteiger partial charge in [-0.05, 0) is 38.3 Å². The minimum atomic E-state index is -0.114. The zero-order valence-electron chi connectivity index (χ0n) is 12.4. The summed E-state index contributed by atoms with van der Waals surface area (Å²) >= 11 is 0. The van der Waals surface area contributed by atoms with Crippen LogP contribution in [-0.4, -0.2) is 24.2 Å². The van der Waals surface area contributed by atoms with E-state index in [9.17, 15) is 4.79 Å². The van der Waals surface area contributed by atoms with Crippen LogP contribution in [0.25, 0.3) is 10.9 Å². The predicted octanol–water partition coefficient (Wildman–Crippen LogP) is 3.74. The Labute approximate surface area is 125 Å². The van der Waals surface area contributed by atoms with E-state index in [0.29, 0.717) is 19.6 Å². The molecule has 2 aromatic rings. The molecule has 0 fully saturated rings.